The summed E-state index contributed by atoms with van der Waals surface area (Å²) in [5, 5.41) is 13.3. The van der Waals surface area contributed by atoms with Crippen molar-refractivity contribution in [1.82, 2.24) is 20.0 Å². The summed E-state index contributed by atoms with van der Waals surface area (Å²) in [5.74, 6) is -0.805. The zero-order valence-electron chi connectivity index (χ0n) is 16.1. The zero-order valence-corrected chi connectivity index (χ0v) is 16.1. The number of amides is 4. The molecule has 28 heavy (non-hydrogen) atoms. The number of benzene rings is 1. The van der Waals surface area contributed by atoms with Crippen molar-refractivity contribution in [3.63, 3.8) is 0 Å². The van der Waals surface area contributed by atoms with Crippen molar-refractivity contribution >= 4 is 23.5 Å². The number of non-ortho nitro benzene ring substituents is 1. The van der Waals surface area contributed by atoms with E-state index in [1.165, 1.54) is 18.2 Å². The van der Waals surface area contributed by atoms with E-state index in [-0.39, 0.29) is 29.7 Å². The first-order valence-electron chi connectivity index (χ1n) is 9.21. The van der Waals surface area contributed by atoms with Crippen LogP contribution in [0.15, 0.2) is 24.3 Å². The van der Waals surface area contributed by atoms with Gasteiger partial charge in [-0.15, -0.1) is 0 Å². The molecule has 1 aromatic rings. The molecule has 0 radical (unpaired) electrons. The van der Waals surface area contributed by atoms with Gasteiger partial charge in [0, 0.05) is 57.0 Å². The third-order valence-corrected chi connectivity index (χ3v) is 4.66. The third-order valence-electron chi connectivity index (χ3n) is 4.66. The van der Waals surface area contributed by atoms with Crippen molar-refractivity contribution < 1.29 is 19.3 Å². The van der Waals surface area contributed by atoms with Crippen molar-refractivity contribution in [2.75, 3.05) is 45.8 Å². The van der Waals surface area contributed by atoms with Crippen LogP contribution in [0.3, 0.4) is 0 Å². The van der Waals surface area contributed by atoms with E-state index >= 15 is 0 Å². The highest BCUT2D eigenvalue weighted by atomic mass is 16.6. The maximum Gasteiger partial charge on any atom is 0.320 e. The predicted octanol–water partition coefficient (Wildman–Crippen LogP) is 0.931. The second-order valence-electron chi connectivity index (χ2n) is 6.31. The molecule has 10 nitrogen and oxygen atoms in total. The Labute approximate surface area is 163 Å². The average Bonchev–Trinajstić information content (AvgIpc) is 2.72. The van der Waals surface area contributed by atoms with Crippen LogP contribution < -0.4 is 5.32 Å². The summed E-state index contributed by atoms with van der Waals surface area (Å²) >= 11 is 0. The largest absolute Gasteiger partial charge is 0.343 e. The molecule has 1 saturated heterocycles. The summed E-state index contributed by atoms with van der Waals surface area (Å²) in [5.41, 5.74) is -0.0652. The van der Waals surface area contributed by atoms with Crippen molar-refractivity contribution in [3.8, 4) is 0 Å². The van der Waals surface area contributed by atoms with E-state index < -0.39 is 10.8 Å². The lowest BCUT2D eigenvalue weighted by Crippen LogP contribution is -2.55. The Morgan fingerprint density at radius 3 is 2.29 bits per heavy atom. The topological polar surface area (TPSA) is 116 Å². The maximum absolute atomic E-state index is 12.3. The van der Waals surface area contributed by atoms with E-state index in [0.717, 1.165) is 6.07 Å². The van der Waals surface area contributed by atoms with Gasteiger partial charge in [-0.3, -0.25) is 19.7 Å². The van der Waals surface area contributed by atoms with Crippen LogP contribution in [0, 0.1) is 10.1 Å². The molecule has 1 aliphatic heterocycles. The van der Waals surface area contributed by atoms with Gasteiger partial charge in [-0.1, -0.05) is 6.07 Å². The molecule has 1 aliphatic rings. The number of carbonyl (C=O) groups is 3. The first-order valence-corrected chi connectivity index (χ1v) is 9.21. The van der Waals surface area contributed by atoms with Gasteiger partial charge in [-0.05, 0) is 19.9 Å². The zero-order chi connectivity index (χ0) is 20.7. The molecule has 0 aromatic heterocycles. The molecule has 0 unspecified atom stereocenters. The number of nitrogens with one attached hydrogen (secondary N) is 1. The van der Waals surface area contributed by atoms with E-state index in [9.17, 15) is 24.5 Å². The smallest absolute Gasteiger partial charge is 0.320 e. The minimum Gasteiger partial charge on any atom is -0.343 e. The van der Waals surface area contributed by atoms with Gasteiger partial charge in [0.2, 0.25) is 5.91 Å². The summed E-state index contributed by atoms with van der Waals surface area (Å²) in [4.78, 5) is 52.0. The van der Waals surface area contributed by atoms with Crippen LogP contribution in [0.5, 0.6) is 0 Å². The SMILES string of the molecule is CCN(CC)C(=O)N1CCN(C(=O)CNC(=O)c2cccc([N+](=O)[O-])c2)CC1. The van der Waals surface area contributed by atoms with Crippen LogP contribution in [-0.2, 0) is 4.79 Å². The summed E-state index contributed by atoms with van der Waals surface area (Å²) in [6.45, 7) is 6.61. The Morgan fingerprint density at radius 1 is 1.11 bits per heavy atom. The molecule has 10 heteroatoms. The highest BCUT2D eigenvalue weighted by Gasteiger charge is 2.26. The maximum atomic E-state index is 12.3. The molecule has 0 atom stereocenters. The van der Waals surface area contributed by atoms with Gasteiger partial charge in [-0.25, -0.2) is 4.79 Å². The monoisotopic (exact) mass is 391 g/mol. The Balaban J connectivity index is 1.83. The van der Waals surface area contributed by atoms with E-state index in [2.05, 4.69) is 5.32 Å². The van der Waals surface area contributed by atoms with Gasteiger partial charge in [-0.2, -0.15) is 0 Å². The van der Waals surface area contributed by atoms with Crippen molar-refractivity contribution in [2.45, 2.75) is 13.8 Å². The minimum atomic E-state index is -0.582. The number of urea groups is 1. The summed E-state index contributed by atoms with van der Waals surface area (Å²) in [6, 6.07) is 5.29. The molecule has 4 amide bonds. The number of nitro benzene ring substituents is 1. The molecule has 0 bridgehead atoms. The molecule has 1 heterocycles. The number of nitrogens with zero attached hydrogens (tertiary/aromatic N) is 4. The Bertz CT molecular complexity index is 742. The van der Waals surface area contributed by atoms with Crippen molar-refractivity contribution in [1.29, 1.82) is 0 Å². The summed E-state index contributed by atoms with van der Waals surface area (Å²) in [6.07, 6.45) is 0. The second-order valence-corrected chi connectivity index (χ2v) is 6.31. The second kappa shape index (κ2) is 9.67. The molecule has 1 fully saturated rings. The number of hydrogen-bond acceptors (Lipinski definition) is 5. The molecule has 0 spiro atoms. The predicted molar refractivity (Wildman–Crippen MR) is 102 cm³/mol. The highest BCUT2D eigenvalue weighted by molar-refractivity contribution is 5.97. The van der Waals surface area contributed by atoms with Crippen LogP contribution in [-0.4, -0.2) is 83.3 Å². The number of rotatable bonds is 6. The quantitative estimate of drug-likeness (QED) is 0.572. The van der Waals surface area contributed by atoms with E-state index in [0.29, 0.717) is 39.3 Å². The van der Waals surface area contributed by atoms with Gasteiger partial charge < -0.3 is 20.0 Å². The molecule has 0 saturated carbocycles. The van der Waals surface area contributed by atoms with Gasteiger partial charge in [0.25, 0.3) is 11.6 Å². The lowest BCUT2D eigenvalue weighted by molar-refractivity contribution is -0.384. The Kier molecular flexibility index (Phi) is 7.30. The van der Waals surface area contributed by atoms with E-state index in [1.807, 2.05) is 13.8 Å². The van der Waals surface area contributed by atoms with Crippen LogP contribution >= 0.6 is 0 Å². The van der Waals surface area contributed by atoms with Gasteiger partial charge in [0.1, 0.15) is 0 Å². The molecule has 1 N–H and O–H groups in total. The van der Waals surface area contributed by atoms with Crippen LogP contribution in [0.25, 0.3) is 0 Å². The summed E-state index contributed by atoms with van der Waals surface area (Å²) < 4.78 is 0. The molecular weight excluding hydrogens is 366 g/mol. The lowest BCUT2D eigenvalue weighted by Gasteiger charge is -2.37. The number of nitro groups is 1. The van der Waals surface area contributed by atoms with Crippen molar-refractivity contribution in [2.24, 2.45) is 0 Å². The minimum absolute atomic E-state index is 0.0314. The Hall–Kier alpha value is -3.17. The molecule has 1 aromatic carbocycles. The fourth-order valence-electron chi connectivity index (χ4n) is 2.97. The third kappa shape index (κ3) is 5.18. The normalized spacial score (nSPS) is 13.8. The van der Waals surface area contributed by atoms with Crippen LogP contribution in [0.4, 0.5) is 10.5 Å². The van der Waals surface area contributed by atoms with Crippen molar-refractivity contribution in [3.05, 3.63) is 39.9 Å². The number of hydrogen-bond donors (Lipinski definition) is 1. The molecule has 0 aliphatic carbocycles. The first kappa shape index (κ1) is 21.1. The van der Waals surface area contributed by atoms with Gasteiger partial charge in [0.05, 0.1) is 11.5 Å². The van der Waals surface area contributed by atoms with E-state index in [1.54, 1.807) is 14.7 Å². The number of carbonyl (C=O) groups excluding carboxylic acids is 3. The fraction of sp³-hybridized carbons (Fsp3) is 0.500. The van der Waals surface area contributed by atoms with E-state index in [4.69, 9.17) is 0 Å². The standard InChI is InChI=1S/C18H25N5O5/c1-3-20(4-2)18(26)22-10-8-21(9-11-22)16(24)13-19-17(25)14-6-5-7-15(12-14)23(27)28/h5-7,12H,3-4,8-11,13H2,1-2H3,(H,19,25). The van der Waals surface area contributed by atoms with Gasteiger partial charge in [0.15, 0.2) is 0 Å². The highest BCUT2D eigenvalue weighted by Crippen LogP contribution is 2.13. The lowest BCUT2D eigenvalue weighted by atomic mass is 10.2. The first-order chi connectivity index (χ1) is 13.4. The molecular formula is C18H25N5O5. The van der Waals surface area contributed by atoms with Gasteiger partial charge >= 0.3 is 6.03 Å². The Morgan fingerprint density at radius 2 is 1.71 bits per heavy atom. The van der Waals surface area contributed by atoms with Crippen LogP contribution in [0.1, 0.15) is 24.2 Å². The summed E-state index contributed by atoms with van der Waals surface area (Å²) in [7, 11) is 0. The molecule has 152 valence electrons. The number of piperazine rings is 1. The average molecular weight is 391 g/mol. The fourth-order valence-corrected chi connectivity index (χ4v) is 2.97. The molecule has 2 rings (SSSR count). The van der Waals surface area contributed by atoms with Crippen LogP contribution in [0.2, 0.25) is 0 Å².